The van der Waals surface area contributed by atoms with Gasteiger partial charge in [-0.1, -0.05) is 19.1 Å². The minimum atomic E-state index is -0.505. The SMILES string of the molecule is C[C@H]1CCN(C(=O)CSc2cc(F)ccc2F)c2ccccc2S1. The van der Waals surface area contributed by atoms with Crippen molar-refractivity contribution in [2.24, 2.45) is 0 Å². The van der Waals surface area contributed by atoms with E-state index in [1.807, 2.05) is 24.3 Å². The first kappa shape index (κ1) is 17.3. The number of hydrogen-bond donors (Lipinski definition) is 0. The van der Waals surface area contributed by atoms with E-state index in [0.29, 0.717) is 11.8 Å². The molecule has 0 N–H and O–H groups in total. The standard InChI is InChI=1S/C18H17F2NOS2/c1-12-8-9-21(15-4-2-3-5-16(15)24-12)18(22)11-23-17-10-13(19)6-7-14(17)20/h2-7,10,12H,8-9,11H2,1H3/t12-/m0/s1. The van der Waals surface area contributed by atoms with Gasteiger partial charge >= 0.3 is 0 Å². The van der Waals surface area contributed by atoms with Crippen LogP contribution in [0.4, 0.5) is 14.5 Å². The molecule has 1 atom stereocenters. The minimum Gasteiger partial charge on any atom is -0.311 e. The van der Waals surface area contributed by atoms with E-state index in [0.717, 1.165) is 47.0 Å². The largest absolute Gasteiger partial charge is 0.311 e. The highest BCUT2D eigenvalue weighted by atomic mass is 32.2. The molecule has 2 aromatic carbocycles. The van der Waals surface area contributed by atoms with Crippen molar-refractivity contribution in [2.45, 2.75) is 28.4 Å². The van der Waals surface area contributed by atoms with Crippen molar-refractivity contribution in [1.82, 2.24) is 0 Å². The lowest BCUT2D eigenvalue weighted by molar-refractivity contribution is -0.116. The van der Waals surface area contributed by atoms with Crippen molar-refractivity contribution < 1.29 is 13.6 Å². The Morgan fingerprint density at radius 3 is 2.92 bits per heavy atom. The van der Waals surface area contributed by atoms with Crippen LogP contribution < -0.4 is 4.90 Å². The Morgan fingerprint density at radius 2 is 2.08 bits per heavy atom. The summed E-state index contributed by atoms with van der Waals surface area (Å²) in [6.07, 6.45) is 0.893. The normalized spacial score (nSPS) is 17.3. The molecule has 3 rings (SSSR count). The summed E-state index contributed by atoms with van der Waals surface area (Å²) < 4.78 is 26.9. The van der Waals surface area contributed by atoms with E-state index in [4.69, 9.17) is 0 Å². The predicted molar refractivity (Wildman–Crippen MR) is 95.8 cm³/mol. The van der Waals surface area contributed by atoms with E-state index in [2.05, 4.69) is 6.92 Å². The lowest BCUT2D eigenvalue weighted by atomic mass is 10.2. The van der Waals surface area contributed by atoms with E-state index in [-0.39, 0.29) is 16.6 Å². The van der Waals surface area contributed by atoms with E-state index in [1.165, 1.54) is 0 Å². The van der Waals surface area contributed by atoms with E-state index < -0.39 is 11.6 Å². The maximum Gasteiger partial charge on any atom is 0.237 e. The van der Waals surface area contributed by atoms with Gasteiger partial charge in [0.2, 0.25) is 5.91 Å². The van der Waals surface area contributed by atoms with Crippen LogP contribution in [0.1, 0.15) is 13.3 Å². The van der Waals surface area contributed by atoms with Gasteiger partial charge < -0.3 is 4.90 Å². The topological polar surface area (TPSA) is 20.3 Å². The van der Waals surface area contributed by atoms with Crippen molar-refractivity contribution in [1.29, 1.82) is 0 Å². The van der Waals surface area contributed by atoms with Gasteiger partial charge in [-0.05, 0) is 36.8 Å². The summed E-state index contributed by atoms with van der Waals surface area (Å²) in [6.45, 7) is 2.78. The highest BCUT2D eigenvalue weighted by Gasteiger charge is 2.24. The Hall–Kier alpha value is -1.53. The van der Waals surface area contributed by atoms with Crippen LogP contribution in [-0.2, 0) is 4.79 Å². The van der Waals surface area contributed by atoms with Crippen molar-refractivity contribution in [3.8, 4) is 0 Å². The second-order valence-corrected chi connectivity index (χ2v) is 8.09. The van der Waals surface area contributed by atoms with E-state index in [1.54, 1.807) is 16.7 Å². The molecule has 0 bridgehead atoms. The molecule has 0 unspecified atom stereocenters. The zero-order valence-corrected chi connectivity index (χ0v) is 14.8. The third kappa shape index (κ3) is 3.92. The van der Waals surface area contributed by atoms with Crippen LogP contribution in [0, 0.1) is 11.6 Å². The number of anilines is 1. The fourth-order valence-electron chi connectivity index (χ4n) is 2.55. The number of carbonyl (C=O) groups is 1. The molecule has 2 aromatic rings. The zero-order valence-electron chi connectivity index (χ0n) is 13.2. The molecule has 0 fully saturated rings. The molecule has 0 spiro atoms. The van der Waals surface area contributed by atoms with Crippen molar-refractivity contribution in [2.75, 3.05) is 17.2 Å². The number of hydrogen-bond acceptors (Lipinski definition) is 3. The molecular weight excluding hydrogens is 348 g/mol. The fourth-order valence-corrected chi connectivity index (χ4v) is 4.50. The molecule has 2 nitrogen and oxygen atoms in total. The van der Waals surface area contributed by atoms with Crippen molar-refractivity contribution in [3.63, 3.8) is 0 Å². The summed E-state index contributed by atoms with van der Waals surface area (Å²) in [6, 6.07) is 11.1. The Bertz CT molecular complexity index is 754. The number of rotatable bonds is 3. The van der Waals surface area contributed by atoms with E-state index in [9.17, 15) is 13.6 Å². The third-order valence-electron chi connectivity index (χ3n) is 3.79. The second-order valence-electron chi connectivity index (χ2n) is 5.59. The Kier molecular flexibility index (Phi) is 5.46. The van der Waals surface area contributed by atoms with Gasteiger partial charge in [0.05, 0.1) is 11.4 Å². The lowest BCUT2D eigenvalue weighted by Crippen LogP contribution is -2.33. The van der Waals surface area contributed by atoms with Crippen LogP contribution in [0.3, 0.4) is 0 Å². The Balaban J connectivity index is 1.76. The van der Waals surface area contributed by atoms with Gasteiger partial charge in [0.15, 0.2) is 0 Å². The molecule has 1 amide bonds. The molecule has 0 saturated heterocycles. The number of para-hydroxylation sites is 1. The number of thioether (sulfide) groups is 2. The monoisotopic (exact) mass is 365 g/mol. The van der Waals surface area contributed by atoms with Gasteiger partial charge in [-0.15, -0.1) is 23.5 Å². The summed E-state index contributed by atoms with van der Waals surface area (Å²) in [5, 5.41) is 0.428. The fraction of sp³-hybridized carbons (Fsp3) is 0.278. The summed E-state index contributed by atoms with van der Waals surface area (Å²) in [5.41, 5.74) is 0.900. The number of amides is 1. The summed E-state index contributed by atoms with van der Waals surface area (Å²) in [4.78, 5) is 15.7. The predicted octanol–water partition coefficient (Wildman–Crippen LogP) is 4.97. The molecule has 1 aliphatic heterocycles. The molecule has 126 valence electrons. The average Bonchev–Trinajstić information content (AvgIpc) is 2.73. The molecule has 1 heterocycles. The van der Waals surface area contributed by atoms with Gasteiger partial charge in [-0.3, -0.25) is 4.79 Å². The maximum atomic E-state index is 13.7. The third-order valence-corrected chi connectivity index (χ3v) is 6.04. The number of carbonyl (C=O) groups excluding carboxylic acids is 1. The number of benzene rings is 2. The number of halogens is 2. The zero-order chi connectivity index (χ0) is 17.1. The first-order valence-electron chi connectivity index (χ1n) is 7.68. The molecule has 0 aliphatic carbocycles. The molecular formula is C18H17F2NOS2. The molecule has 0 radical (unpaired) electrons. The van der Waals surface area contributed by atoms with Crippen LogP contribution in [0.5, 0.6) is 0 Å². The van der Waals surface area contributed by atoms with Crippen LogP contribution in [0.25, 0.3) is 0 Å². The minimum absolute atomic E-state index is 0.0771. The smallest absolute Gasteiger partial charge is 0.237 e. The van der Waals surface area contributed by atoms with Crippen LogP contribution in [0.15, 0.2) is 52.3 Å². The summed E-state index contributed by atoms with van der Waals surface area (Å²) >= 11 is 2.79. The van der Waals surface area contributed by atoms with Crippen molar-refractivity contribution >= 4 is 35.1 Å². The number of nitrogens with zero attached hydrogens (tertiary/aromatic N) is 1. The summed E-state index contributed by atoms with van der Waals surface area (Å²) in [7, 11) is 0. The molecule has 1 aliphatic rings. The van der Waals surface area contributed by atoms with Crippen LogP contribution in [-0.4, -0.2) is 23.5 Å². The van der Waals surface area contributed by atoms with Gasteiger partial charge in [-0.25, -0.2) is 8.78 Å². The number of fused-ring (bicyclic) bond motifs is 1. The Morgan fingerprint density at radius 1 is 1.29 bits per heavy atom. The molecule has 6 heteroatoms. The molecule has 0 saturated carbocycles. The van der Waals surface area contributed by atoms with Gasteiger partial charge in [0.1, 0.15) is 11.6 Å². The van der Waals surface area contributed by atoms with E-state index >= 15 is 0 Å². The van der Waals surface area contributed by atoms with Gasteiger partial charge in [0.25, 0.3) is 0 Å². The van der Waals surface area contributed by atoms with Gasteiger partial charge in [0, 0.05) is 21.6 Å². The second kappa shape index (κ2) is 7.57. The Labute approximate surface area is 148 Å². The summed E-state index contributed by atoms with van der Waals surface area (Å²) in [5.74, 6) is -1.02. The quantitative estimate of drug-likeness (QED) is 0.716. The maximum absolute atomic E-state index is 13.7. The van der Waals surface area contributed by atoms with Crippen LogP contribution in [0.2, 0.25) is 0 Å². The highest BCUT2D eigenvalue weighted by Crippen LogP contribution is 2.37. The highest BCUT2D eigenvalue weighted by molar-refractivity contribution is 8.00. The van der Waals surface area contributed by atoms with Gasteiger partial charge in [-0.2, -0.15) is 0 Å². The first-order chi connectivity index (χ1) is 11.5. The molecule has 0 aromatic heterocycles. The lowest BCUT2D eigenvalue weighted by Gasteiger charge is -2.22. The first-order valence-corrected chi connectivity index (χ1v) is 9.55. The van der Waals surface area contributed by atoms with Crippen molar-refractivity contribution in [3.05, 3.63) is 54.1 Å². The van der Waals surface area contributed by atoms with Crippen LogP contribution >= 0.6 is 23.5 Å². The average molecular weight is 365 g/mol. The molecule has 24 heavy (non-hydrogen) atoms.